The number of anilines is 1. The van der Waals surface area contributed by atoms with Gasteiger partial charge in [-0.05, 0) is 12.1 Å². The van der Waals surface area contributed by atoms with E-state index in [-0.39, 0.29) is 11.9 Å². The van der Waals surface area contributed by atoms with Crippen molar-refractivity contribution in [3.05, 3.63) is 48.5 Å². The van der Waals surface area contributed by atoms with E-state index in [0.29, 0.717) is 5.75 Å². The van der Waals surface area contributed by atoms with Crippen LogP contribution < -0.4 is 15.8 Å². The minimum Gasteiger partial charge on any atom is -0.497 e. The fourth-order valence-electron chi connectivity index (χ4n) is 2.23. The minimum atomic E-state index is -0.207. The molecule has 1 aromatic heterocycles. The van der Waals surface area contributed by atoms with Gasteiger partial charge in [0.05, 0.1) is 18.3 Å². The molecule has 2 aromatic carbocycles. The molecule has 3 aromatic rings. The summed E-state index contributed by atoms with van der Waals surface area (Å²) in [6.07, 6.45) is 0. The Morgan fingerprint density at radius 1 is 1.14 bits per heavy atom. The zero-order valence-corrected chi connectivity index (χ0v) is 12.0. The smallest absolute Gasteiger partial charge is 0.230 e. The predicted molar refractivity (Wildman–Crippen MR) is 87.1 cm³/mol. The average molecular weight is 293 g/mol. The number of benzene rings is 2. The van der Waals surface area contributed by atoms with Gasteiger partial charge in [-0.25, -0.2) is 9.97 Å². The third-order valence-electron chi connectivity index (χ3n) is 3.20. The molecule has 22 heavy (non-hydrogen) atoms. The molecular weight excluding hydrogens is 278 g/mol. The van der Waals surface area contributed by atoms with Crippen molar-refractivity contribution in [3.63, 3.8) is 0 Å². The summed E-state index contributed by atoms with van der Waals surface area (Å²) in [6, 6.07) is 15.4. The van der Waals surface area contributed by atoms with Crippen LogP contribution in [0.4, 0.5) is 5.95 Å². The number of guanidine groups is 1. The first-order valence-corrected chi connectivity index (χ1v) is 6.69. The number of fused-ring (bicyclic) bond motifs is 1. The molecule has 0 atom stereocenters. The Bertz CT molecular complexity index is 833. The highest BCUT2D eigenvalue weighted by molar-refractivity contribution is 5.95. The lowest BCUT2D eigenvalue weighted by Crippen LogP contribution is -2.22. The molecule has 0 aliphatic rings. The van der Waals surface area contributed by atoms with E-state index < -0.39 is 0 Å². The average Bonchev–Trinajstić information content (AvgIpc) is 2.53. The number of ether oxygens (including phenoxy) is 1. The molecule has 0 amide bonds. The van der Waals surface area contributed by atoms with Crippen LogP contribution in [0, 0.1) is 5.41 Å². The highest BCUT2D eigenvalue weighted by Crippen LogP contribution is 2.29. The predicted octanol–water partition coefficient (Wildman–Crippen LogP) is 2.61. The number of nitrogens with two attached hydrogens (primary N) is 1. The molecule has 0 spiro atoms. The Labute approximate surface area is 127 Å². The van der Waals surface area contributed by atoms with Crippen molar-refractivity contribution in [3.8, 4) is 17.0 Å². The van der Waals surface area contributed by atoms with Gasteiger partial charge in [0, 0.05) is 17.0 Å². The highest BCUT2D eigenvalue weighted by atomic mass is 16.5. The number of aromatic nitrogens is 2. The van der Waals surface area contributed by atoms with Crippen LogP contribution in [0.2, 0.25) is 0 Å². The maximum absolute atomic E-state index is 7.36. The van der Waals surface area contributed by atoms with Crippen molar-refractivity contribution < 1.29 is 4.74 Å². The molecule has 0 unspecified atom stereocenters. The zero-order valence-electron chi connectivity index (χ0n) is 12.0. The lowest BCUT2D eigenvalue weighted by Gasteiger charge is -2.10. The molecule has 0 radical (unpaired) electrons. The van der Waals surface area contributed by atoms with E-state index in [4.69, 9.17) is 15.9 Å². The maximum atomic E-state index is 7.36. The second-order valence-corrected chi connectivity index (χ2v) is 4.68. The Morgan fingerprint density at radius 3 is 2.59 bits per heavy atom. The van der Waals surface area contributed by atoms with Crippen molar-refractivity contribution >= 4 is 22.8 Å². The fraction of sp³-hybridized carbons (Fsp3) is 0.0625. The number of hydrogen-bond acceptors (Lipinski definition) is 4. The molecule has 0 saturated carbocycles. The van der Waals surface area contributed by atoms with Gasteiger partial charge < -0.3 is 10.5 Å². The summed E-state index contributed by atoms with van der Waals surface area (Å²) in [5, 5.41) is 10.9. The van der Waals surface area contributed by atoms with E-state index in [1.165, 1.54) is 0 Å². The Morgan fingerprint density at radius 2 is 1.91 bits per heavy atom. The van der Waals surface area contributed by atoms with Gasteiger partial charge in [0.1, 0.15) is 5.75 Å². The normalized spacial score (nSPS) is 10.4. The summed E-state index contributed by atoms with van der Waals surface area (Å²) in [5.74, 6) is 0.785. The lowest BCUT2D eigenvalue weighted by molar-refractivity contribution is 0.415. The summed E-state index contributed by atoms with van der Waals surface area (Å²) in [5.41, 5.74) is 7.84. The molecule has 0 aliphatic carbocycles. The van der Waals surface area contributed by atoms with Gasteiger partial charge in [-0.2, -0.15) is 0 Å². The molecule has 3 rings (SSSR count). The summed E-state index contributed by atoms with van der Waals surface area (Å²) in [4.78, 5) is 8.87. The summed E-state index contributed by atoms with van der Waals surface area (Å²) >= 11 is 0. The molecular formula is C16H15N5O. The Balaban J connectivity index is 2.25. The van der Waals surface area contributed by atoms with Crippen molar-refractivity contribution in [2.45, 2.75) is 0 Å². The monoisotopic (exact) mass is 293 g/mol. The third kappa shape index (κ3) is 2.67. The van der Waals surface area contributed by atoms with E-state index >= 15 is 0 Å². The number of nitrogens with one attached hydrogen (secondary N) is 2. The fourth-order valence-corrected chi connectivity index (χ4v) is 2.23. The largest absolute Gasteiger partial charge is 0.497 e. The first kappa shape index (κ1) is 13.8. The van der Waals surface area contributed by atoms with Gasteiger partial charge in [-0.3, -0.25) is 10.7 Å². The third-order valence-corrected chi connectivity index (χ3v) is 3.20. The van der Waals surface area contributed by atoms with Gasteiger partial charge >= 0.3 is 0 Å². The molecule has 0 bridgehead atoms. The van der Waals surface area contributed by atoms with E-state index in [1.807, 2.05) is 48.5 Å². The number of nitrogens with zero attached hydrogens (tertiary/aromatic N) is 2. The van der Waals surface area contributed by atoms with Crippen LogP contribution >= 0.6 is 0 Å². The summed E-state index contributed by atoms with van der Waals surface area (Å²) < 4.78 is 5.24. The zero-order chi connectivity index (χ0) is 15.5. The number of rotatable bonds is 3. The quantitative estimate of drug-likeness (QED) is 0.509. The molecule has 6 heteroatoms. The van der Waals surface area contributed by atoms with E-state index in [9.17, 15) is 0 Å². The molecule has 1 heterocycles. The standard InChI is InChI=1S/C16H15N5O/c1-22-11-7-8-12-13(9-11)19-16(21-15(17)18)20-14(12)10-5-3-2-4-6-10/h2-9H,1H3,(H4,17,18,19,20,21). The summed E-state index contributed by atoms with van der Waals surface area (Å²) in [6.45, 7) is 0. The first-order chi connectivity index (χ1) is 10.7. The van der Waals surface area contributed by atoms with Crippen molar-refractivity contribution in [2.24, 2.45) is 5.73 Å². The summed E-state index contributed by atoms with van der Waals surface area (Å²) in [7, 11) is 1.61. The van der Waals surface area contributed by atoms with E-state index in [0.717, 1.165) is 22.2 Å². The molecule has 4 N–H and O–H groups in total. The van der Waals surface area contributed by atoms with Crippen LogP contribution in [0.25, 0.3) is 22.2 Å². The molecule has 0 aliphatic heterocycles. The van der Waals surface area contributed by atoms with Gasteiger partial charge in [0.25, 0.3) is 0 Å². The maximum Gasteiger partial charge on any atom is 0.230 e. The topological polar surface area (TPSA) is 96.9 Å². The van der Waals surface area contributed by atoms with Crippen LogP contribution in [-0.2, 0) is 0 Å². The van der Waals surface area contributed by atoms with Gasteiger partial charge in [-0.1, -0.05) is 30.3 Å². The van der Waals surface area contributed by atoms with Crippen molar-refractivity contribution in [2.75, 3.05) is 12.4 Å². The van der Waals surface area contributed by atoms with Crippen molar-refractivity contribution in [1.29, 1.82) is 5.41 Å². The van der Waals surface area contributed by atoms with Crippen LogP contribution in [0.3, 0.4) is 0 Å². The molecule has 0 saturated heterocycles. The van der Waals surface area contributed by atoms with Gasteiger partial charge in [-0.15, -0.1) is 0 Å². The van der Waals surface area contributed by atoms with Crippen LogP contribution in [0.1, 0.15) is 0 Å². The second kappa shape index (κ2) is 5.69. The van der Waals surface area contributed by atoms with Gasteiger partial charge in [0.2, 0.25) is 5.95 Å². The van der Waals surface area contributed by atoms with Crippen LogP contribution in [-0.4, -0.2) is 23.0 Å². The lowest BCUT2D eigenvalue weighted by atomic mass is 10.1. The minimum absolute atomic E-state index is 0.207. The van der Waals surface area contributed by atoms with Crippen LogP contribution in [0.5, 0.6) is 5.75 Å². The Hall–Kier alpha value is -3.15. The number of methoxy groups -OCH3 is 1. The SMILES string of the molecule is COc1ccc2c(-c3ccccc3)nc(NC(=N)N)nc2c1. The van der Waals surface area contributed by atoms with E-state index in [2.05, 4.69) is 15.3 Å². The second-order valence-electron chi connectivity index (χ2n) is 4.68. The number of hydrogen-bond donors (Lipinski definition) is 3. The first-order valence-electron chi connectivity index (χ1n) is 6.69. The molecule has 110 valence electrons. The van der Waals surface area contributed by atoms with Crippen LogP contribution in [0.15, 0.2) is 48.5 Å². The molecule has 6 nitrogen and oxygen atoms in total. The van der Waals surface area contributed by atoms with Gasteiger partial charge in [0.15, 0.2) is 5.96 Å². The highest BCUT2D eigenvalue weighted by Gasteiger charge is 2.11. The van der Waals surface area contributed by atoms with E-state index in [1.54, 1.807) is 7.11 Å². The van der Waals surface area contributed by atoms with Crippen molar-refractivity contribution in [1.82, 2.24) is 9.97 Å². The Kier molecular flexibility index (Phi) is 3.57. The molecule has 0 fully saturated rings.